The van der Waals surface area contributed by atoms with Gasteiger partial charge in [-0.05, 0) is 45.7 Å². The van der Waals surface area contributed by atoms with Gasteiger partial charge in [-0.2, -0.15) is 0 Å². The van der Waals surface area contributed by atoms with Gasteiger partial charge in [-0.1, -0.05) is 19.1 Å². The van der Waals surface area contributed by atoms with Crippen molar-refractivity contribution in [3.63, 3.8) is 0 Å². The number of hydroxylamine groups is 2. The second-order valence-electron chi connectivity index (χ2n) is 6.82. The Morgan fingerprint density at radius 2 is 1.72 bits per heavy atom. The summed E-state index contributed by atoms with van der Waals surface area (Å²) < 4.78 is 5.22. The molecule has 1 heterocycles. The van der Waals surface area contributed by atoms with Gasteiger partial charge in [0.2, 0.25) is 0 Å². The number of benzene rings is 1. The van der Waals surface area contributed by atoms with E-state index in [2.05, 4.69) is 5.32 Å². The fraction of sp³-hybridized carbons (Fsp3) is 0.500. The van der Waals surface area contributed by atoms with Gasteiger partial charge in [0.1, 0.15) is 5.60 Å². The first-order chi connectivity index (χ1) is 11.7. The van der Waals surface area contributed by atoms with Crippen LogP contribution in [0.25, 0.3) is 0 Å². The van der Waals surface area contributed by atoms with Crippen molar-refractivity contribution in [3.8, 4) is 0 Å². The van der Waals surface area contributed by atoms with Crippen LogP contribution in [-0.4, -0.2) is 41.2 Å². The first-order valence-corrected chi connectivity index (χ1v) is 8.33. The molecular formula is C18H24N2O5. The summed E-state index contributed by atoms with van der Waals surface area (Å²) in [6.07, 6.45) is 0.619. The number of imide groups is 1. The van der Waals surface area contributed by atoms with Crippen LogP contribution in [0.1, 0.15) is 61.3 Å². The number of alkyl carbamates (subject to hydrolysis) is 1. The van der Waals surface area contributed by atoms with Crippen molar-refractivity contribution in [1.29, 1.82) is 0 Å². The number of amides is 3. The molecule has 1 N–H and O–H groups in total. The van der Waals surface area contributed by atoms with Gasteiger partial charge >= 0.3 is 6.09 Å². The van der Waals surface area contributed by atoms with Gasteiger partial charge in [-0.3, -0.25) is 14.4 Å². The average molecular weight is 348 g/mol. The Kier molecular flexibility index (Phi) is 5.79. The lowest BCUT2D eigenvalue weighted by atomic mass is 10.1. The van der Waals surface area contributed by atoms with Crippen molar-refractivity contribution < 1.29 is 24.0 Å². The maximum Gasteiger partial charge on any atom is 0.407 e. The van der Waals surface area contributed by atoms with Crippen molar-refractivity contribution in [1.82, 2.24) is 10.4 Å². The average Bonchev–Trinajstić information content (AvgIpc) is 2.77. The normalized spacial score (nSPS) is 15.1. The summed E-state index contributed by atoms with van der Waals surface area (Å²) >= 11 is 0. The van der Waals surface area contributed by atoms with Crippen molar-refractivity contribution in [2.45, 2.75) is 52.2 Å². The first kappa shape index (κ1) is 18.9. The number of rotatable bonds is 6. The number of nitrogens with one attached hydrogen (secondary N) is 1. The minimum absolute atomic E-state index is 0.125. The molecule has 1 unspecified atom stereocenters. The van der Waals surface area contributed by atoms with E-state index in [1.807, 2.05) is 6.92 Å². The summed E-state index contributed by atoms with van der Waals surface area (Å²) in [4.78, 5) is 41.5. The number of hydrogen-bond acceptors (Lipinski definition) is 5. The van der Waals surface area contributed by atoms with E-state index in [1.54, 1.807) is 45.0 Å². The molecule has 0 saturated heterocycles. The number of nitrogens with zero attached hydrogens (tertiary/aromatic N) is 1. The third kappa shape index (κ3) is 4.79. The number of carbonyl (C=O) groups is 3. The summed E-state index contributed by atoms with van der Waals surface area (Å²) in [6, 6.07) is 6.41. The molecule has 7 nitrogen and oxygen atoms in total. The zero-order valence-corrected chi connectivity index (χ0v) is 15.0. The van der Waals surface area contributed by atoms with Gasteiger partial charge in [0.25, 0.3) is 11.8 Å². The molecular weight excluding hydrogens is 324 g/mol. The van der Waals surface area contributed by atoms with E-state index < -0.39 is 23.5 Å². The Labute approximate surface area is 147 Å². The molecule has 1 atom stereocenters. The Bertz CT molecular complexity index is 631. The molecule has 0 radical (unpaired) electrons. The minimum atomic E-state index is -0.570. The van der Waals surface area contributed by atoms with Gasteiger partial charge < -0.3 is 10.1 Å². The first-order valence-electron chi connectivity index (χ1n) is 8.33. The number of fused-ring (bicyclic) bond motifs is 1. The lowest BCUT2D eigenvalue weighted by molar-refractivity contribution is -0.0936. The third-order valence-electron chi connectivity index (χ3n) is 3.66. The van der Waals surface area contributed by atoms with Crippen molar-refractivity contribution in [2.75, 3.05) is 6.61 Å². The quantitative estimate of drug-likeness (QED) is 0.799. The fourth-order valence-electron chi connectivity index (χ4n) is 2.42. The van der Waals surface area contributed by atoms with E-state index in [4.69, 9.17) is 9.57 Å². The zero-order chi connectivity index (χ0) is 18.6. The van der Waals surface area contributed by atoms with Crippen molar-refractivity contribution in [2.24, 2.45) is 0 Å². The summed E-state index contributed by atoms with van der Waals surface area (Å²) in [6.45, 7) is 7.42. The zero-order valence-electron chi connectivity index (χ0n) is 15.0. The molecule has 1 aliphatic rings. The summed E-state index contributed by atoms with van der Waals surface area (Å²) in [5.74, 6) is -0.928. The molecule has 1 aliphatic heterocycles. The van der Waals surface area contributed by atoms with E-state index >= 15 is 0 Å². The Hall–Kier alpha value is -2.41. The summed E-state index contributed by atoms with van der Waals surface area (Å²) in [5, 5.41) is 3.54. The van der Waals surface area contributed by atoms with E-state index in [-0.39, 0.29) is 12.6 Å². The predicted molar refractivity (Wildman–Crippen MR) is 91.0 cm³/mol. The molecule has 0 fully saturated rings. The number of ether oxygens (including phenoxy) is 1. The molecule has 1 aromatic carbocycles. The highest BCUT2D eigenvalue weighted by Gasteiger charge is 2.36. The maximum absolute atomic E-state index is 12.2. The molecule has 136 valence electrons. The Morgan fingerprint density at radius 1 is 1.16 bits per heavy atom. The predicted octanol–water partition coefficient (Wildman–Crippen LogP) is 2.91. The van der Waals surface area contributed by atoms with Crippen LogP contribution in [0.2, 0.25) is 0 Å². The molecule has 2 rings (SSSR count). The van der Waals surface area contributed by atoms with Crippen LogP contribution in [-0.2, 0) is 9.57 Å². The van der Waals surface area contributed by atoms with E-state index in [0.717, 1.165) is 5.06 Å². The Morgan fingerprint density at radius 3 is 2.20 bits per heavy atom. The largest absolute Gasteiger partial charge is 0.444 e. The van der Waals surface area contributed by atoms with Gasteiger partial charge in [0.05, 0.1) is 17.7 Å². The van der Waals surface area contributed by atoms with Crippen LogP contribution in [0.4, 0.5) is 4.79 Å². The van der Waals surface area contributed by atoms with Crippen LogP contribution < -0.4 is 5.32 Å². The molecule has 3 amide bonds. The SMILES string of the molecule is CCC(CCON1C(=O)c2ccccc2C1=O)NC(=O)OC(C)(C)C. The maximum atomic E-state index is 12.2. The van der Waals surface area contributed by atoms with E-state index in [0.29, 0.717) is 24.0 Å². The summed E-state index contributed by atoms with van der Waals surface area (Å²) in [5.41, 5.74) is 0.108. The second-order valence-corrected chi connectivity index (χ2v) is 6.82. The Balaban J connectivity index is 1.84. The van der Waals surface area contributed by atoms with E-state index in [9.17, 15) is 14.4 Å². The van der Waals surface area contributed by atoms with Gasteiger partial charge in [0, 0.05) is 6.04 Å². The lowest BCUT2D eigenvalue weighted by Gasteiger charge is -2.23. The molecule has 0 aliphatic carbocycles. The molecule has 7 heteroatoms. The van der Waals surface area contributed by atoms with Crippen LogP contribution >= 0.6 is 0 Å². The molecule has 25 heavy (non-hydrogen) atoms. The monoisotopic (exact) mass is 348 g/mol. The molecule has 1 aromatic rings. The van der Waals surface area contributed by atoms with Crippen molar-refractivity contribution in [3.05, 3.63) is 35.4 Å². The highest BCUT2D eigenvalue weighted by atomic mass is 16.7. The third-order valence-corrected chi connectivity index (χ3v) is 3.66. The van der Waals surface area contributed by atoms with Crippen LogP contribution in [0, 0.1) is 0 Å². The smallest absolute Gasteiger partial charge is 0.407 e. The number of carbonyl (C=O) groups excluding carboxylic acids is 3. The van der Waals surface area contributed by atoms with Gasteiger partial charge in [0.15, 0.2) is 0 Å². The van der Waals surface area contributed by atoms with E-state index in [1.165, 1.54) is 0 Å². The highest BCUT2D eigenvalue weighted by molar-refractivity contribution is 6.20. The van der Waals surface area contributed by atoms with Crippen molar-refractivity contribution >= 4 is 17.9 Å². The molecule has 0 bridgehead atoms. The standard InChI is InChI=1S/C18H24N2O5/c1-5-12(19-17(23)25-18(2,3)4)10-11-24-20-15(21)13-8-6-7-9-14(13)16(20)22/h6-9,12H,5,10-11H2,1-4H3,(H,19,23). The fourth-order valence-corrected chi connectivity index (χ4v) is 2.42. The topological polar surface area (TPSA) is 84.9 Å². The second kappa shape index (κ2) is 7.65. The van der Waals surface area contributed by atoms with Crippen LogP contribution in [0.5, 0.6) is 0 Å². The lowest BCUT2D eigenvalue weighted by Crippen LogP contribution is -2.40. The van der Waals surface area contributed by atoms with Gasteiger partial charge in [-0.15, -0.1) is 5.06 Å². The number of hydrogen-bond donors (Lipinski definition) is 1. The molecule has 0 saturated carbocycles. The van der Waals surface area contributed by atoms with Crippen LogP contribution in [0.3, 0.4) is 0 Å². The minimum Gasteiger partial charge on any atom is -0.444 e. The van der Waals surface area contributed by atoms with Gasteiger partial charge in [-0.25, -0.2) is 4.79 Å². The summed E-state index contributed by atoms with van der Waals surface area (Å²) in [7, 11) is 0. The highest BCUT2D eigenvalue weighted by Crippen LogP contribution is 2.22. The van der Waals surface area contributed by atoms with Crippen LogP contribution in [0.15, 0.2) is 24.3 Å². The molecule has 0 aromatic heterocycles. The molecule has 0 spiro atoms.